The lowest BCUT2D eigenvalue weighted by Gasteiger charge is -2.06. The van der Waals surface area contributed by atoms with Crippen LogP contribution in [0.15, 0.2) is 0 Å². The summed E-state index contributed by atoms with van der Waals surface area (Å²) in [4.78, 5) is 24.3. The fraction of sp³-hybridized carbons (Fsp3) is 0.947. The Morgan fingerprint density at radius 1 is 0.409 bits per heavy atom. The van der Waals surface area contributed by atoms with E-state index in [0.717, 1.165) is 38.8 Å². The summed E-state index contributed by atoms with van der Waals surface area (Å²) in [6.45, 7) is 4.44. The molecule has 0 unspecified atom stereocenters. The third-order valence-electron chi connectivity index (χ3n) is 9.32. The first-order valence-corrected chi connectivity index (χ1v) is 19.5. The minimum atomic E-state index is -0.154. The zero-order valence-corrected chi connectivity index (χ0v) is 29.5. The first-order chi connectivity index (χ1) is 21.2. The van der Waals surface area contributed by atoms with E-state index in [2.05, 4.69) is 5.32 Å². The van der Waals surface area contributed by atoms with Gasteiger partial charge in [0, 0.05) is 25.9 Å². The Bertz CT molecular complexity index is 612. The molecule has 44 heavy (non-hydrogen) atoms. The molecule has 0 spiro atoms. The highest BCUT2D eigenvalue weighted by Crippen LogP contribution is 2.16. The zero-order chi connectivity index (χ0) is 30.9. The number of primary amides is 1. The number of hydrogen-bond acceptors (Lipinski definition) is 4. The van der Waals surface area contributed by atoms with E-state index in [0.29, 0.717) is 12.3 Å². The molecule has 262 valence electrons. The van der Waals surface area contributed by atoms with Gasteiger partial charge in [-0.1, -0.05) is 167 Å². The summed E-state index contributed by atoms with van der Waals surface area (Å²) in [7, 11) is 0. The van der Waals surface area contributed by atoms with Crippen LogP contribution in [0.25, 0.3) is 0 Å². The number of nitrogens with two attached hydrogens (primary N) is 1. The van der Waals surface area contributed by atoms with E-state index in [1.807, 2.05) is 4.90 Å². The number of carbonyl (C=O) groups excluding carboxylic acids is 2. The molecule has 1 fully saturated rings. The normalized spacial score (nSPS) is 12.4. The van der Waals surface area contributed by atoms with Gasteiger partial charge in [0.1, 0.15) is 0 Å². The molecule has 0 aromatic heterocycles. The maximum Gasteiger partial charge on any atom is 0.222 e. The second kappa shape index (κ2) is 34.7. The van der Waals surface area contributed by atoms with E-state index in [4.69, 9.17) is 5.73 Å². The average molecular weight is 623 g/mol. The summed E-state index contributed by atoms with van der Waals surface area (Å²) >= 11 is 0. The Morgan fingerprint density at radius 3 is 0.932 bits per heavy atom. The van der Waals surface area contributed by atoms with Gasteiger partial charge in [-0.2, -0.15) is 0 Å². The minimum absolute atomic E-state index is 0. The molecule has 1 aliphatic rings. The number of carbonyl (C=O) groups is 2. The van der Waals surface area contributed by atoms with E-state index in [-0.39, 0.29) is 12.1 Å². The van der Waals surface area contributed by atoms with Gasteiger partial charge in [-0.25, -0.2) is 0 Å². The fourth-order valence-corrected chi connectivity index (χ4v) is 6.25. The van der Waals surface area contributed by atoms with Gasteiger partial charge in [-0.15, -0.1) is 0 Å². The molecule has 1 saturated heterocycles. The molecule has 0 bridgehead atoms. The van der Waals surface area contributed by atoms with Gasteiger partial charge in [-0.3, -0.25) is 9.59 Å². The molecule has 0 radical (unpaired) electrons. The summed E-state index contributed by atoms with van der Waals surface area (Å²) in [5.41, 5.74) is 5.17. The van der Waals surface area contributed by atoms with Crippen LogP contribution in [0.1, 0.15) is 205 Å². The highest BCUT2D eigenvalue weighted by Gasteiger charge is 2.22. The first kappa shape index (κ1) is 42.9. The molecule has 0 atom stereocenters. The van der Waals surface area contributed by atoms with Crippen LogP contribution in [-0.2, 0) is 9.59 Å². The third-order valence-corrected chi connectivity index (χ3v) is 9.32. The van der Waals surface area contributed by atoms with Crippen molar-refractivity contribution in [2.24, 2.45) is 5.73 Å². The lowest BCUT2D eigenvalue weighted by atomic mass is 10.0. The zero-order valence-electron chi connectivity index (χ0n) is 29.5. The lowest BCUT2D eigenvalue weighted by Crippen LogP contribution is -2.16. The van der Waals surface area contributed by atoms with Crippen LogP contribution >= 0.6 is 0 Å². The van der Waals surface area contributed by atoms with Gasteiger partial charge >= 0.3 is 0 Å². The smallest absolute Gasteiger partial charge is 0.222 e. The van der Waals surface area contributed by atoms with Crippen LogP contribution in [0.2, 0.25) is 0 Å². The van der Waals surface area contributed by atoms with Crippen LogP contribution in [0.5, 0.6) is 0 Å². The second-order valence-electron chi connectivity index (χ2n) is 13.7. The Hall–Kier alpha value is -1.14. The van der Waals surface area contributed by atoms with Gasteiger partial charge in [0.15, 0.2) is 0 Å². The maximum atomic E-state index is 11.6. The second-order valence-corrected chi connectivity index (χ2v) is 13.7. The van der Waals surface area contributed by atoms with Crippen molar-refractivity contribution in [1.29, 1.82) is 0 Å². The van der Waals surface area contributed by atoms with Gasteiger partial charge < -0.3 is 22.1 Å². The lowest BCUT2D eigenvalue weighted by molar-refractivity contribution is -0.125. The van der Waals surface area contributed by atoms with Crippen molar-refractivity contribution in [1.82, 2.24) is 16.4 Å². The fourth-order valence-electron chi connectivity index (χ4n) is 6.25. The van der Waals surface area contributed by atoms with Gasteiger partial charge in [0.05, 0.1) is 0 Å². The number of nitrogens with one attached hydrogen (secondary N) is 1. The molecule has 1 heterocycles. The predicted octanol–water partition coefficient (Wildman–Crippen LogP) is 10.5. The highest BCUT2D eigenvalue weighted by atomic mass is 16.2. The number of amides is 2. The number of nitrogens with zero attached hydrogens (tertiary/aromatic N) is 1. The van der Waals surface area contributed by atoms with E-state index < -0.39 is 0 Å². The van der Waals surface area contributed by atoms with Crippen LogP contribution < -0.4 is 17.2 Å². The molecule has 6 heteroatoms. The van der Waals surface area contributed by atoms with Gasteiger partial charge in [-0.05, 0) is 38.8 Å². The van der Waals surface area contributed by atoms with Crippen molar-refractivity contribution in [3.63, 3.8) is 0 Å². The van der Waals surface area contributed by atoms with Crippen LogP contribution in [0.3, 0.4) is 0 Å². The molecule has 1 rings (SSSR count). The number of hydrogen-bond donors (Lipinski definition) is 3. The largest absolute Gasteiger partial charge is 0.370 e. The summed E-state index contributed by atoms with van der Waals surface area (Å²) in [6, 6.07) is 0. The summed E-state index contributed by atoms with van der Waals surface area (Å²) in [5.74, 6) is 0.228. The molecule has 0 aromatic carbocycles. The average Bonchev–Trinajstić information content (AvgIpc) is 3.85. The van der Waals surface area contributed by atoms with Crippen molar-refractivity contribution >= 4 is 11.8 Å². The molecule has 0 aromatic rings. The van der Waals surface area contributed by atoms with Crippen molar-refractivity contribution in [2.45, 2.75) is 205 Å². The molecule has 2 amide bonds. The van der Waals surface area contributed by atoms with E-state index in [9.17, 15) is 9.59 Å². The predicted molar refractivity (Wildman–Crippen MR) is 191 cm³/mol. The van der Waals surface area contributed by atoms with Gasteiger partial charge in [0.25, 0.3) is 0 Å². The Kier molecular flexibility index (Phi) is 33.8. The van der Waals surface area contributed by atoms with Crippen LogP contribution in [0, 0.1) is 0 Å². The number of unbranched alkanes of at least 4 members (excludes halogenated alkanes) is 28. The SMILES string of the molecule is N.NC(=O)CCCCCCCCCCCCCCCCCNCCCCCCCCCCCCCCCCCC(=O)N1CC1. The minimum Gasteiger partial charge on any atom is -0.370 e. The summed E-state index contributed by atoms with van der Waals surface area (Å²) < 4.78 is 0. The van der Waals surface area contributed by atoms with Crippen molar-refractivity contribution in [3.8, 4) is 0 Å². The molecule has 0 saturated carbocycles. The number of rotatable bonds is 36. The Labute approximate surface area is 274 Å². The quantitative estimate of drug-likeness (QED) is 0.0477. The third kappa shape index (κ3) is 33.7. The van der Waals surface area contributed by atoms with Gasteiger partial charge in [0.2, 0.25) is 11.8 Å². The molecule has 1 aliphatic heterocycles. The summed E-state index contributed by atoms with van der Waals surface area (Å²) in [6.07, 6.45) is 42.1. The standard InChI is InChI=1S/C38H75N3O2.H3N/c39-37(42)31-27-23-19-15-11-7-3-1-5-9-13-17-21-25-29-33-40-34-30-26-22-18-14-10-6-2-4-8-12-16-20-24-28-32-38(43)41-35-36-41;/h40H,1-36H2,(H2,39,42);1H3. The van der Waals surface area contributed by atoms with E-state index in [1.165, 1.54) is 186 Å². The Balaban J connectivity index is 0.0000185. The highest BCUT2D eigenvalue weighted by molar-refractivity contribution is 5.78. The van der Waals surface area contributed by atoms with Crippen LogP contribution in [-0.4, -0.2) is 42.9 Å². The van der Waals surface area contributed by atoms with Crippen LogP contribution in [0.4, 0.5) is 0 Å². The molecular formula is C38H78N4O2. The van der Waals surface area contributed by atoms with Crippen molar-refractivity contribution in [3.05, 3.63) is 0 Å². The Morgan fingerprint density at radius 2 is 0.659 bits per heavy atom. The summed E-state index contributed by atoms with van der Waals surface area (Å²) in [5, 5.41) is 3.67. The first-order valence-electron chi connectivity index (χ1n) is 19.5. The molecule has 6 N–H and O–H groups in total. The molecular weight excluding hydrogens is 544 g/mol. The topological polar surface area (TPSA) is 110 Å². The molecule has 0 aliphatic carbocycles. The maximum absolute atomic E-state index is 11.6. The van der Waals surface area contributed by atoms with Crippen molar-refractivity contribution in [2.75, 3.05) is 26.2 Å². The molecule has 6 nitrogen and oxygen atoms in total. The van der Waals surface area contributed by atoms with E-state index >= 15 is 0 Å². The van der Waals surface area contributed by atoms with Crippen molar-refractivity contribution < 1.29 is 9.59 Å². The monoisotopic (exact) mass is 623 g/mol. The van der Waals surface area contributed by atoms with E-state index in [1.54, 1.807) is 0 Å².